The number of nitrogens with zero attached hydrogens (tertiary/aromatic N) is 1. The molecular weight excluding hydrogens is 254 g/mol. The second-order valence-corrected chi connectivity index (χ2v) is 5.53. The van der Waals surface area contributed by atoms with Crippen molar-refractivity contribution in [3.05, 3.63) is 29.8 Å². The van der Waals surface area contributed by atoms with Gasteiger partial charge in [-0.1, -0.05) is 0 Å². The van der Waals surface area contributed by atoms with Crippen LogP contribution in [0.1, 0.15) is 36.0 Å². The molecule has 0 aliphatic carbocycles. The van der Waals surface area contributed by atoms with Gasteiger partial charge in [-0.05, 0) is 43.5 Å². The standard InChI is InChI=1S/C16H19NO3/c1-20-12-6-4-11(5-7-12)16(19)13-8-9-15(18)17-10-2-3-14(13)17/h4-7,13-14H,2-3,8-10H2,1H3/t13-,14+/m0/s1. The van der Waals surface area contributed by atoms with Crippen LogP contribution in [0.3, 0.4) is 0 Å². The summed E-state index contributed by atoms with van der Waals surface area (Å²) in [5.41, 5.74) is 0.719. The number of ketones is 1. The molecule has 2 heterocycles. The molecule has 2 saturated heterocycles. The topological polar surface area (TPSA) is 46.6 Å². The van der Waals surface area contributed by atoms with E-state index in [2.05, 4.69) is 0 Å². The lowest BCUT2D eigenvalue weighted by molar-refractivity contribution is -0.135. The third kappa shape index (κ3) is 2.19. The van der Waals surface area contributed by atoms with E-state index in [4.69, 9.17) is 4.74 Å². The van der Waals surface area contributed by atoms with E-state index in [-0.39, 0.29) is 23.7 Å². The Kier molecular flexibility index (Phi) is 3.47. The molecule has 1 aromatic rings. The molecule has 0 saturated carbocycles. The van der Waals surface area contributed by atoms with E-state index >= 15 is 0 Å². The third-order valence-corrected chi connectivity index (χ3v) is 4.46. The average Bonchev–Trinajstić information content (AvgIpc) is 2.97. The Morgan fingerprint density at radius 2 is 2.00 bits per heavy atom. The smallest absolute Gasteiger partial charge is 0.222 e. The van der Waals surface area contributed by atoms with E-state index in [9.17, 15) is 9.59 Å². The first kappa shape index (κ1) is 13.2. The molecule has 1 aromatic carbocycles. The van der Waals surface area contributed by atoms with Crippen LogP contribution in [0, 0.1) is 5.92 Å². The lowest BCUT2D eigenvalue weighted by Crippen LogP contribution is -2.47. The zero-order valence-corrected chi connectivity index (χ0v) is 11.7. The maximum absolute atomic E-state index is 12.7. The predicted molar refractivity (Wildman–Crippen MR) is 74.8 cm³/mol. The van der Waals surface area contributed by atoms with E-state index in [1.807, 2.05) is 29.2 Å². The fourth-order valence-electron chi connectivity index (χ4n) is 3.41. The molecule has 4 heteroatoms. The Morgan fingerprint density at radius 1 is 1.25 bits per heavy atom. The second-order valence-electron chi connectivity index (χ2n) is 5.53. The lowest BCUT2D eigenvalue weighted by atomic mass is 9.83. The first-order valence-corrected chi connectivity index (χ1v) is 7.18. The summed E-state index contributed by atoms with van der Waals surface area (Å²) in [5, 5.41) is 0. The number of carbonyl (C=O) groups excluding carboxylic acids is 2. The molecular formula is C16H19NO3. The number of Topliss-reactive ketones (excluding diaryl/α,β-unsaturated/α-hetero) is 1. The minimum Gasteiger partial charge on any atom is -0.497 e. The lowest BCUT2D eigenvalue weighted by Gasteiger charge is -2.35. The number of amides is 1. The average molecular weight is 273 g/mol. The van der Waals surface area contributed by atoms with Crippen molar-refractivity contribution in [1.82, 2.24) is 4.90 Å². The van der Waals surface area contributed by atoms with Crippen LogP contribution >= 0.6 is 0 Å². The van der Waals surface area contributed by atoms with Crippen LogP contribution in [0.15, 0.2) is 24.3 Å². The maximum atomic E-state index is 12.7. The van der Waals surface area contributed by atoms with Crippen LogP contribution in [0.4, 0.5) is 0 Å². The van der Waals surface area contributed by atoms with Crippen LogP contribution in [0.5, 0.6) is 5.75 Å². The van der Waals surface area contributed by atoms with Gasteiger partial charge < -0.3 is 9.64 Å². The van der Waals surface area contributed by atoms with Crippen LogP contribution in [-0.4, -0.2) is 36.3 Å². The largest absolute Gasteiger partial charge is 0.497 e. The second kappa shape index (κ2) is 5.27. The van der Waals surface area contributed by atoms with Gasteiger partial charge in [0.1, 0.15) is 5.75 Å². The monoisotopic (exact) mass is 273 g/mol. The number of fused-ring (bicyclic) bond motifs is 1. The van der Waals surface area contributed by atoms with Crippen molar-refractivity contribution in [2.45, 2.75) is 31.7 Å². The van der Waals surface area contributed by atoms with Gasteiger partial charge in [0.15, 0.2) is 5.78 Å². The summed E-state index contributed by atoms with van der Waals surface area (Å²) in [6.07, 6.45) is 3.16. The van der Waals surface area contributed by atoms with Crippen LogP contribution in [0.2, 0.25) is 0 Å². The van der Waals surface area contributed by atoms with Gasteiger partial charge in [0, 0.05) is 30.5 Å². The number of methoxy groups -OCH3 is 1. The maximum Gasteiger partial charge on any atom is 0.222 e. The molecule has 4 nitrogen and oxygen atoms in total. The summed E-state index contributed by atoms with van der Waals surface area (Å²) in [4.78, 5) is 26.4. The molecule has 2 atom stereocenters. The van der Waals surface area contributed by atoms with E-state index in [0.717, 1.165) is 30.7 Å². The number of piperidine rings is 1. The quantitative estimate of drug-likeness (QED) is 0.794. The highest BCUT2D eigenvalue weighted by molar-refractivity contribution is 5.99. The summed E-state index contributed by atoms with van der Waals surface area (Å²) in [5.74, 6) is 1.09. The van der Waals surface area contributed by atoms with Crippen molar-refractivity contribution in [2.24, 2.45) is 5.92 Å². The van der Waals surface area contributed by atoms with Crippen LogP contribution in [-0.2, 0) is 4.79 Å². The Labute approximate surface area is 118 Å². The molecule has 0 aromatic heterocycles. The Balaban J connectivity index is 1.80. The van der Waals surface area contributed by atoms with Gasteiger partial charge in [0.05, 0.1) is 7.11 Å². The predicted octanol–water partition coefficient (Wildman–Crippen LogP) is 2.28. The van der Waals surface area contributed by atoms with Crippen molar-refractivity contribution < 1.29 is 14.3 Å². The molecule has 0 bridgehead atoms. The molecule has 0 unspecified atom stereocenters. The van der Waals surface area contributed by atoms with Crippen LogP contribution in [0.25, 0.3) is 0 Å². The normalized spacial score (nSPS) is 25.4. The molecule has 3 rings (SSSR count). The molecule has 2 fully saturated rings. The summed E-state index contributed by atoms with van der Waals surface area (Å²) in [6, 6.07) is 7.38. The number of hydrogen-bond acceptors (Lipinski definition) is 3. The molecule has 20 heavy (non-hydrogen) atoms. The van der Waals surface area contributed by atoms with Gasteiger partial charge in [-0.3, -0.25) is 9.59 Å². The SMILES string of the molecule is COc1ccc(C(=O)[C@H]2CCC(=O)N3CCC[C@H]23)cc1. The summed E-state index contributed by atoms with van der Waals surface area (Å²) in [7, 11) is 1.61. The van der Waals surface area contributed by atoms with E-state index < -0.39 is 0 Å². The van der Waals surface area contributed by atoms with Gasteiger partial charge in [-0.15, -0.1) is 0 Å². The Hall–Kier alpha value is -1.84. The zero-order chi connectivity index (χ0) is 14.1. The molecule has 1 amide bonds. The number of benzene rings is 1. The summed E-state index contributed by atoms with van der Waals surface area (Å²) >= 11 is 0. The van der Waals surface area contributed by atoms with E-state index in [1.54, 1.807) is 7.11 Å². The Bertz CT molecular complexity index is 523. The van der Waals surface area contributed by atoms with Crippen molar-refractivity contribution in [1.29, 1.82) is 0 Å². The van der Waals surface area contributed by atoms with Crippen LogP contribution < -0.4 is 4.74 Å². The van der Waals surface area contributed by atoms with Gasteiger partial charge in [0.2, 0.25) is 5.91 Å². The van der Waals surface area contributed by atoms with Crippen molar-refractivity contribution in [3.8, 4) is 5.75 Å². The Morgan fingerprint density at radius 3 is 2.70 bits per heavy atom. The number of rotatable bonds is 3. The molecule has 2 aliphatic rings. The van der Waals surface area contributed by atoms with Crippen molar-refractivity contribution in [3.63, 3.8) is 0 Å². The number of hydrogen-bond donors (Lipinski definition) is 0. The highest BCUT2D eigenvalue weighted by Gasteiger charge is 2.41. The highest BCUT2D eigenvalue weighted by atomic mass is 16.5. The molecule has 0 radical (unpaired) electrons. The first-order valence-electron chi connectivity index (χ1n) is 7.18. The number of ether oxygens (including phenoxy) is 1. The third-order valence-electron chi connectivity index (χ3n) is 4.46. The van der Waals surface area contributed by atoms with Gasteiger partial charge in [-0.25, -0.2) is 0 Å². The van der Waals surface area contributed by atoms with E-state index in [1.165, 1.54) is 0 Å². The minimum atomic E-state index is -0.0383. The highest BCUT2D eigenvalue weighted by Crippen LogP contribution is 2.34. The van der Waals surface area contributed by atoms with Crippen molar-refractivity contribution >= 4 is 11.7 Å². The summed E-state index contributed by atoms with van der Waals surface area (Å²) < 4.78 is 5.11. The van der Waals surface area contributed by atoms with Gasteiger partial charge >= 0.3 is 0 Å². The molecule has 0 spiro atoms. The summed E-state index contributed by atoms with van der Waals surface area (Å²) in [6.45, 7) is 0.815. The minimum absolute atomic E-state index is 0.0383. The van der Waals surface area contributed by atoms with E-state index in [0.29, 0.717) is 12.8 Å². The molecule has 2 aliphatic heterocycles. The zero-order valence-electron chi connectivity index (χ0n) is 11.7. The molecule has 106 valence electrons. The fraction of sp³-hybridized carbons (Fsp3) is 0.500. The van der Waals surface area contributed by atoms with Gasteiger partial charge in [-0.2, -0.15) is 0 Å². The molecule has 0 N–H and O–H groups in total. The van der Waals surface area contributed by atoms with Crippen molar-refractivity contribution in [2.75, 3.05) is 13.7 Å². The van der Waals surface area contributed by atoms with Gasteiger partial charge in [0.25, 0.3) is 0 Å². The number of carbonyl (C=O) groups is 2. The first-order chi connectivity index (χ1) is 9.70. The fourth-order valence-corrected chi connectivity index (χ4v) is 3.41.